The average molecular weight is 293 g/mol. The fraction of sp³-hybridized carbons (Fsp3) is 0.0833. The fourth-order valence-electron chi connectivity index (χ4n) is 1.69. The van der Waals surface area contributed by atoms with E-state index in [1.165, 1.54) is 43.5 Å². The molecule has 7 nitrogen and oxygen atoms in total. The second-order valence-corrected chi connectivity index (χ2v) is 5.60. The number of carboxylic acids is 1. The van der Waals surface area contributed by atoms with Gasteiger partial charge in [0.2, 0.25) is 0 Å². The number of nitrogens with zero attached hydrogens (tertiary/aromatic N) is 2. The number of carbonyl (C=O) groups is 1. The topological polar surface area (TPSA) is 109 Å². The summed E-state index contributed by atoms with van der Waals surface area (Å²) in [5.74, 6) is -1.12. The van der Waals surface area contributed by atoms with Gasteiger partial charge in [0.15, 0.2) is 5.82 Å². The van der Waals surface area contributed by atoms with Crippen molar-refractivity contribution in [2.24, 2.45) is 0 Å². The summed E-state index contributed by atoms with van der Waals surface area (Å²) in [5.41, 5.74) is 0.100. The normalized spacial score (nSPS) is 11.1. The van der Waals surface area contributed by atoms with Crippen molar-refractivity contribution in [2.75, 3.05) is 4.72 Å². The second kappa shape index (κ2) is 5.25. The Morgan fingerprint density at radius 1 is 1.25 bits per heavy atom. The van der Waals surface area contributed by atoms with Crippen molar-refractivity contribution in [3.8, 4) is 0 Å². The maximum Gasteiger partial charge on any atom is 0.335 e. The first-order valence-corrected chi connectivity index (χ1v) is 7.03. The van der Waals surface area contributed by atoms with Crippen LogP contribution in [0.15, 0.2) is 41.4 Å². The third-order valence-corrected chi connectivity index (χ3v) is 4.11. The lowest BCUT2D eigenvalue weighted by molar-refractivity contribution is 0.0696. The van der Waals surface area contributed by atoms with Gasteiger partial charge >= 0.3 is 5.97 Å². The molecular formula is C12H11N3O4S. The van der Waals surface area contributed by atoms with Gasteiger partial charge in [-0.3, -0.25) is 4.72 Å². The molecule has 1 aromatic carbocycles. The summed E-state index contributed by atoms with van der Waals surface area (Å²) < 4.78 is 26.7. The van der Waals surface area contributed by atoms with Gasteiger partial charge in [-0.25, -0.2) is 13.2 Å². The monoisotopic (exact) mass is 293 g/mol. The van der Waals surface area contributed by atoms with E-state index in [1.54, 1.807) is 0 Å². The van der Waals surface area contributed by atoms with Gasteiger partial charge < -0.3 is 5.11 Å². The Morgan fingerprint density at radius 3 is 2.60 bits per heavy atom. The summed E-state index contributed by atoms with van der Waals surface area (Å²) in [5, 5.41) is 16.2. The zero-order valence-corrected chi connectivity index (χ0v) is 11.3. The van der Waals surface area contributed by atoms with E-state index in [2.05, 4.69) is 14.9 Å². The molecule has 0 atom stereocenters. The van der Waals surface area contributed by atoms with Crippen LogP contribution >= 0.6 is 0 Å². The van der Waals surface area contributed by atoms with Crippen LogP contribution in [-0.4, -0.2) is 29.7 Å². The van der Waals surface area contributed by atoms with Crippen molar-refractivity contribution in [3.63, 3.8) is 0 Å². The number of benzene rings is 1. The van der Waals surface area contributed by atoms with Crippen LogP contribution in [0.5, 0.6) is 0 Å². The lowest BCUT2D eigenvalue weighted by Gasteiger charge is -2.10. The van der Waals surface area contributed by atoms with E-state index >= 15 is 0 Å². The highest BCUT2D eigenvalue weighted by Gasteiger charge is 2.21. The van der Waals surface area contributed by atoms with Gasteiger partial charge in [-0.15, -0.1) is 5.10 Å². The van der Waals surface area contributed by atoms with Crippen LogP contribution in [0.1, 0.15) is 15.9 Å². The number of hydrogen-bond acceptors (Lipinski definition) is 5. The maximum absolute atomic E-state index is 12.2. The van der Waals surface area contributed by atoms with Crippen molar-refractivity contribution in [1.82, 2.24) is 10.2 Å². The van der Waals surface area contributed by atoms with Crippen molar-refractivity contribution in [3.05, 3.63) is 47.7 Å². The van der Waals surface area contributed by atoms with Crippen molar-refractivity contribution < 1.29 is 18.3 Å². The molecule has 0 aliphatic carbocycles. The summed E-state index contributed by atoms with van der Waals surface area (Å²) in [4.78, 5) is 10.9. The SMILES string of the molecule is Cc1c(C(=O)O)cccc1S(=O)(=O)Nc1cccnn1. The van der Waals surface area contributed by atoms with Crippen molar-refractivity contribution >= 4 is 21.8 Å². The molecule has 0 spiro atoms. The Morgan fingerprint density at radius 2 is 2.00 bits per heavy atom. The van der Waals surface area contributed by atoms with Crippen LogP contribution in [0.25, 0.3) is 0 Å². The number of anilines is 1. The zero-order valence-electron chi connectivity index (χ0n) is 10.4. The number of aromatic carboxylic acids is 1. The summed E-state index contributed by atoms with van der Waals surface area (Å²) >= 11 is 0. The number of carboxylic acid groups (broad SMARTS) is 1. The molecule has 2 aromatic rings. The molecule has 0 saturated carbocycles. The molecule has 20 heavy (non-hydrogen) atoms. The molecule has 1 heterocycles. The molecule has 8 heteroatoms. The highest BCUT2D eigenvalue weighted by Crippen LogP contribution is 2.21. The number of nitrogens with one attached hydrogen (secondary N) is 1. The van der Waals surface area contributed by atoms with Crippen molar-refractivity contribution in [1.29, 1.82) is 0 Å². The lowest BCUT2D eigenvalue weighted by Crippen LogP contribution is -2.16. The Bertz CT molecular complexity index is 745. The molecule has 104 valence electrons. The Labute approximate surface area is 115 Å². The van der Waals surface area contributed by atoms with Gasteiger partial charge in [-0.2, -0.15) is 5.10 Å². The van der Waals surface area contributed by atoms with E-state index in [1.807, 2.05) is 0 Å². The minimum atomic E-state index is -3.92. The van der Waals surface area contributed by atoms with E-state index in [0.29, 0.717) is 0 Å². The fourth-order valence-corrected chi connectivity index (χ4v) is 2.95. The van der Waals surface area contributed by atoms with Crippen LogP contribution < -0.4 is 4.72 Å². The van der Waals surface area contributed by atoms with Gasteiger partial charge in [0, 0.05) is 6.20 Å². The standard InChI is InChI=1S/C12H11N3O4S/c1-8-9(12(16)17)4-2-5-10(8)20(18,19)15-11-6-3-7-13-14-11/h2-7H,1H3,(H,14,15)(H,16,17). The molecule has 0 aliphatic rings. The maximum atomic E-state index is 12.2. The van der Waals surface area contributed by atoms with Gasteiger partial charge in [-0.05, 0) is 36.8 Å². The Kier molecular flexibility index (Phi) is 3.66. The molecule has 0 fully saturated rings. The third kappa shape index (κ3) is 2.75. The van der Waals surface area contributed by atoms with Gasteiger partial charge in [0.05, 0.1) is 10.5 Å². The van der Waals surface area contributed by atoms with E-state index in [9.17, 15) is 13.2 Å². The van der Waals surface area contributed by atoms with Crippen LogP contribution in [-0.2, 0) is 10.0 Å². The molecule has 2 rings (SSSR count). The number of rotatable bonds is 4. The van der Waals surface area contributed by atoms with Crippen LogP contribution in [0, 0.1) is 6.92 Å². The summed E-state index contributed by atoms with van der Waals surface area (Å²) in [6.45, 7) is 1.44. The minimum absolute atomic E-state index is 0.0626. The van der Waals surface area contributed by atoms with E-state index in [0.717, 1.165) is 0 Å². The summed E-state index contributed by atoms with van der Waals surface area (Å²) in [6.07, 6.45) is 1.41. The smallest absolute Gasteiger partial charge is 0.335 e. The average Bonchev–Trinajstić information content (AvgIpc) is 2.39. The number of hydrogen-bond donors (Lipinski definition) is 2. The van der Waals surface area contributed by atoms with Gasteiger partial charge in [-0.1, -0.05) is 6.07 Å². The van der Waals surface area contributed by atoms with Gasteiger partial charge in [0.1, 0.15) is 0 Å². The predicted octanol–water partition coefficient (Wildman–Crippen LogP) is 1.28. The molecule has 1 aromatic heterocycles. The molecule has 0 saturated heterocycles. The van der Waals surface area contributed by atoms with E-state index in [-0.39, 0.29) is 21.8 Å². The third-order valence-electron chi connectivity index (χ3n) is 2.62. The van der Waals surface area contributed by atoms with Crippen LogP contribution in [0.3, 0.4) is 0 Å². The van der Waals surface area contributed by atoms with E-state index < -0.39 is 16.0 Å². The molecular weight excluding hydrogens is 282 g/mol. The van der Waals surface area contributed by atoms with Gasteiger partial charge in [0.25, 0.3) is 10.0 Å². The summed E-state index contributed by atoms with van der Waals surface area (Å²) in [7, 11) is -3.92. The van der Waals surface area contributed by atoms with Crippen molar-refractivity contribution in [2.45, 2.75) is 11.8 Å². The molecule has 2 N–H and O–H groups in total. The number of sulfonamides is 1. The lowest BCUT2D eigenvalue weighted by atomic mass is 10.1. The molecule has 0 bridgehead atoms. The predicted molar refractivity (Wildman–Crippen MR) is 71.0 cm³/mol. The first-order valence-electron chi connectivity index (χ1n) is 5.55. The second-order valence-electron chi connectivity index (χ2n) is 3.95. The van der Waals surface area contributed by atoms with E-state index in [4.69, 9.17) is 5.11 Å². The summed E-state index contributed by atoms with van der Waals surface area (Å²) in [6, 6.07) is 7.04. The quantitative estimate of drug-likeness (QED) is 0.879. The number of aromatic nitrogens is 2. The minimum Gasteiger partial charge on any atom is -0.478 e. The highest BCUT2D eigenvalue weighted by molar-refractivity contribution is 7.92. The zero-order chi connectivity index (χ0) is 14.8. The Hall–Kier alpha value is -2.48. The van der Waals surface area contributed by atoms with Crippen LogP contribution in [0.4, 0.5) is 5.82 Å². The molecule has 0 unspecified atom stereocenters. The highest BCUT2D eigenvalue weighted by atomic mass is 32.2. The molecule has 0 radical (unpaired) electrons. The van der Waals surface area contributed by atoms with Crippen LogP contribution in [0.2, 0.25) is 0 Å². The first kappa shape index (κ1) is 13.9. The molecule has 0 amide bonds. The first-order chi connectivity index (χ1) is 9.42. The molecule has 0 aliphatic heterocycles. The Balaban J connectivity index is 2.45. The largest absolute Gasteiger partial charge is 0.478 e.